The summed E-state index contributed by atoms with van der Waals surface area (Å²) in [4.78, 5) is 13.9. The minimum Gasteiger partial charge on any atom is -0.481 e. The SMILES string of the molecule is CC(C)CCN1C[C@H]2CN(S(C)(=O)=O)C[C@@]2(C(=O)O)C1. The average molecular weight is 304 g/mol. The number of nitrogens with zero attached hydrogens (tertiary/aromatic N) is 2. The van der Waals surface area contributed by atoms with Crippen molar-refractivity contribution >= 4 is 16.0 Å². The van der Waals surface area contributed by atoms with Crippen LogP contribution >= 0.6 is 0 Å². The van der Waals surface area contributed by atoms with Gasteiger partial charge in [-0.05, 0) is 18.9 Å². The zero-order valence-corrected chi connectivity index (χ0v) is 13.2. The Bertz CT molecular complexity index is 491. The molecule has 0 aromatic heterocycles. The molecule has 0 amide bonds. The number of sulfonamides is 1. The smallest absolute Gasteiger partial charge is 0.312 e. The van der Waals surface area contributed by atoms with Crippen molar-refractivity contribution in [1.29, 1.82) is 0 Å². The first-order valence-electron chi connectivity index (χ1n) is 7.06. The third-order valence-electron chi connectivity index (χ3n) is 4.57. The van der Waals surface area contributed by atoms with Gasteiger partial charge in [-0.2, -0.15) is 0 Å². The van der Waals surface area contributed by atoms with Crippen molar-refractivity contribution in [1.82, 2.24) is 9.21 Å². The van der Waals surface area contributed by atoms with Gasteiger partial charge < -0.3 is 10.0 Å². The Morgan fingerprint density at radius 2 is 2.00 bits per heavy atom. The quantitative estimate of drug-likeness (QED) is 0.791. The highest BCUT2D eigenvalue weighted by atomic mass is 32.2. The van der Waals surface area contributed by atoms with Gasteiger partial charge in [0.25, 0.3) is 0 Å². The van der Waals surface area contributed by atoms with Crippen molar-refractivity contribution in [3.05, 3.63) is 0 Å². The van der Waals surface area contributed by atoms with Gasteiger partial charge in [0, 0.05) is 32.1 Å². The van der Waals surface area contributed by atoms with Crippen molar-refractivity contribution in [3.63, 3.8) is 0 Å². The van der Waals surface area contributed by atoms with Crippen LogP contribution in [-0.2, 0) is 14.8 Å². The molecular formula is C13H24N2O4S. The van der Waals surface area contributed by atoms with E-state index in [4.69, 9.17) is 0 Å². The summed E-state index contributed by atoms with van der Waals surface area (Å²) in [6.07, 6.45) is 2.19. The van der Waals surface area contributed by atoms with Crippen LogP contribution in [0.2, 0.25) is 0 Å². The Morgan fingerprint density at radius 3 is 2.45 bits per heavy atom. The molecule has 20 heavy (non-hydrogen) atoms. The van der Waals surface area contributed by atoms with E-state index in [9.17, 15) is 18.3 Å². The van der Waals surface area contributed by atoms with E-state index in [0.29, 0.717) is 25.6 Å². The summed E-state index contributed by atoms with van der Waals surface area (Å²) in [7, 11) is -3.31. The average Bonchev–Trinajstić information content (AvgIpc) is 2.79. The van der Waals surface area contributed by atoms with Gasteiger partial charge in [-0.15, -0.1) is 0 Å². The van der Waals surface area contributed by atoms with Gasteiger partial charge in [0.1, 0.15) is 0 Å². The zero-order chi connectivity index (χ0) is 15.1. The molecule has 0 aliphatic carbocycles. The second-order valence-electron chi connectivity index (χ2n) is 6.63. The number of fused-ring (bicyclic) bond motifs is 1. The molecule has 2 fully saturated rings. The minimum atomic E-state index is -3.31. The Balaban J connectivity index is 2.11. The van der Waals surface area contributed by atoms with Crippen LogP contribution in [0.1, 0.15) is 20.3 Å². The number of carboxylic acids is 1. The Morgan fingerprint density at radius 1 is 1.35 bits per heavy atom. The maximum atomic E-state index is 11.7. The van der Waals surface area contributed by atoms with Gasteiger partial charge in [0.2, 0.25) is 10.0 Å². The van der Waals surface area contributed by atoms with Crippen molar-refractivity contribution in [2.45, 2.75) is 20.3 Å². The lowest BCUT2D eigenvalue weighted by Gasteiger charge is -2.25. The van der Waals surface area contributed by atoms with Gasteiger partial charge in [0.15, 0.2) is 0 Å². The van der Waals surface area contributed by atoms with Crippen LogP contribution < -0.4 is 0 Å². The number of aliphatic carboxylic acids is 1. The molecule has 0 aromatic rings. The monoisotopic (exact) mass is 304 g/mol. The van der Waals surface area contributed by atoms with E-state index in [0.717, 1.165) is 19.2 Å². The molecule has 116 valence electrons. The molecule has 2 aliphatic rings. The molecule has 1 N–H and O–H groups in total. The van der Waals surface area contributed by atoms with Gasteiger partial charge in [-0.25, -0.2) is 12.7 Å². The molecule has 0 spiro atoms. The Hall–Kier alpha value is -0.660. The van der Waals surface area contributed by atoms with Gasteiger partial charge in [0.05, 0.1) is 11.7 Å². The van der Waals surface area contributed by atoms with Crippen molar-refractivity contribution < 1.29 is 18.3 Å². The predicted molar refractivity (Wildman–Crippen MR) is 75.9 cm³/mol. The first-order chi connectivity index (χ1) is 9.15. The lowest BCUT2D eigenvalue weighted by molar-refractivity contribution is -0.148. The second-order valence-corrected chi connectivity index (χ2v) is 8.61. The van der Waals surface area contributed by atoms with Crippen LogP contribution in [0.15, 0.2) is 0 Å². The molecule has 2 aliphatic heterocycles. The Kier molecular flexibility index (Phi) is 4.15. The molecular weight excluding hydrogens is 280 g/mol. The van der Waals surface area contributed by atoms with E-state index in [1.165, 1.54) is 4.31 Å². The first-order valence-corrected chi connectivity index (χ1v) is 8.91. The van der Waals surface area contributed by atoms with E-state index in [1.54, 1.807) is 0 Å². The zero-order valence-electron chi connectivity index (χ0n) is 12.4. The number of likely N-dealkylation sites (tertiary alicyclic amines) is 1. The van der Waals surface area contributed by atoms with E-state index in [-0.39, 0.29) is 12.5 Å². The largest absolute Gasteiger partial charge is 0.481 e. The fraction of sp³-hybridized carbons (Fsp3) is 0.923. The van der Waals surface area contributed by atoms with Crippen LogP contribution in [0, 0.1) is 17.3 Å². The molecule has 2 heterocycles. The third kappa shape index (κ3) is 2.84. The summed E-state index contributed by atoms with van der Waals surface area (Å²) < 4.78 is 24.6. The lowest BCUT2D eigenvalue weighted by Crippen LogP contribution is -2.42. The van der Waals surface area contributed by atoms with Crippen LogP contribution in [0.25, 0.3) is 0 Å². The molecule has 2 atom stereocenters. The topological polar surface area (TPSA) is 77.9 Å². The number of rotatable bonds is 5. The number of carboxylic acid groups (broad SMARTS) is 1. The third-order valence-corrected chi connectivity index (χ3v) is 5.78. The minimum absolute atomic E-state index is 0.0955. The highest BCUT2D eigenvalue weighted by Gasteiger charge is 2.58. The second kappa shape index (κ2) is 5.27. The van der Waals surface area contributed by atoms with Gasteiger partial charge in [-0.3, -0.25) is 4.79 Å². The van der Waals surface area contributed by atoms with Crippen molar-refractivity contribution in [3.8, 4) is 0 Å². The van der Waals surface area contributed by atoms with Crippen LogP contribution in [-0.4, -0.2) is 67.7 Å². The molecule has 0 aromatic carbocycles. The Labute approximate surface area is 120 Å². The summed E-state index contributed by atoms with van der Waals surface area (Å²) in [5, 5.41) is 9.60. The number of hydrogen-bond donors (Lipinski definition) is 1. The summed E-state index contributed by atoms with van der Waals surface area (Å²) >= 11 is 0. The standard InChI is InChI=1S/C13H24N2O4S/c1-10(2)4-5-14-6-11-7-15(20(3,18)19)9-13(11,8-14)12(16)17/h10-11H,4-9H2,1-3H3,(H,16,17)/t11-,13-/m0/s1. The van der Waals surface area contributed by atoms with Crippen LogP contribution in [0.4, 0.5) is 0 Å². The maximum absolute atomic E-state index is 11.7. The highest BCUT2D eigenvalue weighted by molar-refractivity contribution is 7.88. The maximum Gasteiger partial charge on any atom is 0.312 e. The summed E-state index contributed by atoms with van der Waals surface area (Å²) in [6.45, 7) is 6.79. The number of carbonyl (C=O) groups is 1. The molecule has 2 rings (SSSR count). The highest BCUT2D eigenvalue weighted by Crippen LogP contribution is 2.43. The number of hydrogen-bond acceptors (Lipinski definition) is 4. The predicted octanol–water partition coefficient (Wildman–Crippen LogP) is 0.311. The summed E-state index contributed by atoms with van der Waals surface area (Å²) in [5.74, 6) is -0.369. The summed E-state index contributed by atoms with van der Waals surface area (Å²) in [6, 6.07) is 0. The fourth-order valence-electron chi connectivity index (χ4n) is 3.29. The van der Waals surface area contributed by atoms with E-state index >= 15 is 0 Å². The molecule has 2 saturated heterocycles. The molecule has 6 nitrogen and oxygen atoms in total. The van der Waals surface area contributed by atoms with E-state index < -0.39 is 21.4 Å². The van der Waals surface area contributed by atoms with Gasteiger partial charge in [-0.1, -0.05) is 13.8 Å². The fourth-order valence-corrected chi connectivity index (χ4v) is 4.20. The molecule has 0 bridgehead atoms. The normalized spacial score (nSPS) is 31.9. The molecule has 7 heteroatoms. The lowest BCUT2D eigenvalue weighted by atomic mass is 9.81. The molecule has 0 unspecified atom stereocenters. The van der Waals surface area contributed by atoms with Crippen LogP contribution in [0.5, 0.6) is 0 Å². The summed E-state index contributed by atoms with van der Waals surface area (Å²) in [5.41, 5.74) is -0.917. The van der Waals surface area contributed by atoms with Crippen molar-refractivity contribution in [2.24, 2.45) is 17.3 Å². The van der Waals surface area contributed by atoms with Gasteiger partial charge >= 0.3 is 5.97 Å². The first kappa shape index (κ1) is 15.7. The van der Waals surface area contributed by atoms with Crippen LogP contribution in [0.3, 0.4) is 0 Å². The van der Waals surface area contributed by atoms with E-state index in [2.05, 4.69) is 18.7 Å². The molecule has 0 saturated carbocycles. The molecule has 0 radical (unpaired) electrons. The van der Waals surface area contributed by atoms with Crippen molar-refractivity contribution in [2.75, 3.05) is 39.0 Å². The van der Waals surface area contributed by atoms with E-state index in [1.807, 2.05) is 0 Å².